The Hall–Kier alpha value is -1.92. The number of amides is 2. The van der Waals surface area contributed by atoms with Gasteiger partial charge in [0.15, 0.2) is 0 Å². The summed E-state index contributed by atoms with van der Waals surface area (Å²) >= 11 is 1.58. The van der Waals surface area contributed by atoms with Crippen molar-refractivity contribution in [1.82, 2.24) is 15.2 Å². The third-order valence-corrected chi connectivity index (χ3v) is 5.27. The van der Waals surface area contributed by atoms with Crippen LogP contribution in [0.1, 0.15) is 35.0 Å². The molecule has 0 saturated carbocycles. The molecule has 1 aliphatic heterocycles. The molecule has 2 atom stereocenters. The van der Waals surface area contributed by atoms with Crippen LogP contribution in [0.2, 0.25) is 0 Å². The lowest BCUT2D eigenvalue weighted by Gasteiger charge is -2.27. The van der Waals surface area contributed by atoms with E-state index in [-0.39, 0.29) is 18.2 Å². The Kier molecular flexibility index (Phi) is 5.48. The van der Waals surface area contributed by atoms with E-state index >= 15 is 0 Å². The first-order valence-corrected chi connectivity index (χ1v) is 9.10. The lowest BCUT2D eigenvalue weighted by Crippen LogP contribution is -2.42. The highest BCUT2D eigenvalue weighted by Gasteiger charge is 2.29. The van der Waals surface area contributed by atoms with E-state index in [0.717, 1.165) is 35.6 Å². The van der Waals surface area contributed by atoms with Crippen molar-refractivity contribution in [2.24, 2.45) is 0 Å². The van der Waals surface area contributed by atoms with Crippen LogP contribution in [-0.4, -0.2) is 35.7 Å². The zero-order valence-corrected chi connectivity index (χ0v) is 14.9. The third-order valence-electron chi connectivity index (χ3n) is 4.35. The summed E-state index contributed by atoms with van der Waals surface area (Å²) in [5.41, 5.74) is 3.88. The molecule has 0 aliphatic carbocycles. The van der Waals surface area contributed by atoms with E-state index in [1.54, 1.807) is 16.2 Å². The Morgan fingerprint density at radius 3 is 2.88 bits per heavy atom. The summed E-state index contributed by atoms with van der Waals surface area (Å²) in [5, 5.41) is 3.15. The largest absolute Gasteiger partial charge is 0.376 e. The highest BCUT2D eigenvalue weighted by molar-refractivity contribution is 7.09. The van der Waals surface area contributed by atoms with Crippen molar-refractivity contribution in [3.05, 3.63) is 52.0 Å². The number of aryl methyl sites for hydroxylation is 1. The first-order chi connectivity index (χ1) is 11.6. The molecule has 0 unspecified atom stereocenters. The van der Waals surface area contributed by atoms with Gasteiger partial charge in [0.2, 0.25) is 0 Å². The first kappa shape index (κ1) is 16.9. The fourth-order valence-corrected chi connectivity index (χ4v) is 3.75. The van der Waals surface area contributed by atoms with Crippen LogP contribution < -0.4 is 5.32 Å². The monoisotopic (exact) mass is 345 g/mol. The number of benzene rings is 1. The fourth-order valence-electron chi connectivity index (χ4n) is 2.93. The van der Waals surface area contributed by atoms with Gasteiger partial charge in [-0.05, 0) is 25.3 Å². The van der Waals surface area contributed by atoms with Crippen molar-refractivity contribution in [1.29, 1.82) is 0 Å². The standard InChI is InChI=1S/C18H23N3O2S/c1-13-16(24-12-19-13)11-21(2)18(22)20-17(15-9-6-10-23-15)14-7-4-3-5-8-14/h3-5,7-8,12,15,17H,6,9-11H2,1-2H3,(H,20,22)/t15-,17+/m1/s1. The van der Waals surface area contributed by atoms with Gasteiger partial charge in [-0.25, -0.2) is 9.78 Å². The second-order valence-electron chi connectivity index (χ2n) is 6.11. The van der Waals surface area contributed by atoms with Crippen LogP contribution in [0.5, 0.6) is 0 Å². The minimum Gasteiger partial charge on any atom is -0.376 e. The number of nitrogens with one attached hydrogen (secondary N) is 1. The van der Waals surface area contributed by atoms with Crippen molar-refractivity contribution < 1.29 is 9.53 Å². The molecule has 1 aromatic carbocycles. The van der Waals surface area contributed by atoms with Gasteiger partial charge in [-0.15, -0.1) is 11.3 Å². The lowest BCUT2D eigenvalue weighted by atomic mass is 9.99. The number of urea groups is 1. The first-order valence-electron chi connectivity index (χ1n) is 8.22. The molecular formula is C18H23N3O2S. The highest BCUT2D eigenvalue weighted by Crippen LogP contribution is 2.27. The molecule has 128 valence electrons. The van der Waals surface area contributed by atoms with Gasteiger partial charge in [0, 0.05) is 18.5 Å². The van der Waals surface area contributed by atoms with Gasteiger partial charge < -0.3 is 15.0 Å². The maximum absolute atomic E-state index is 12.7. The Labute approximate surface area is 146 Å². The molecule has 1 saturated heterocycles. The zero-order chi connectivity index (χ0) is 16.9. The maximum Gasteiger partial charge on any atom is 0.318 e. The van der Waals surface area contributed by atoms with Crippen LogP contribution in [0.3, 0.4) is 0 Å². The molecule has 24 heavy (non-hydrogen) atoms. The molecule has 1 aromatic heterocycles. The molecule has 2 amide bonds. The van der Waals surface area contributed by atoms with Crippen LogP contribution in [0, 0.1) is 6.92 Å². The molecule has 3 rings (SSSR count). The van der Waals surface area contributed by atoms with Crippen LogP contribution in [0.25, 0.3) is 0 Å². The Morgan fingerprint density at radius 1 is 1.46 bits per heavy atom. The number of hydrogen-bond acceptors (Lipinski definition) is 4. The number of carbonyl (C=O) groups excluding carboxylic acids is 1. The van der Waals surface area contributed by atoms with E-state index in [4.69, 9.17) is 4.74 Å². The van der Waals surface area contributed by atoms with Crippen LogP contribution in [0.15, 0.2) is 35.8 Å². The lowest BCUT2D eigenvalue weighted by molar-refractivity contribution is 0.0785. The van der Waals surface area contributed by atoms with Crippen LogP contribution in [0.4, 0.5) is 4.79 Å². The summed E-state index contributed by atoms with van der Waals surface area (Å²) in [4.78, 5) is 19.7. The van der Waals surface area contributed by atoms with E-state index in [2.05, 4.69) is 10.3 Å². The van der Waals surface area contributed by atoms with Gasteiger partial charge in [0.05, 0.1) is 29.9 Å². The van der Waals surface area contributed by atoms with Gasteiger partial charge in [0.25, 0.3) is 0 Å². The van der Waals surface area contributed by atoms with E-state index in [9.17, 15) is 4.79 Å². The summed E-state index contributed by atoms with van der Waals surface area (Å²) in [6, 6.07) is 9.84. The molecule has 1 N–H and O–H groups in total. The number of rotatable bonds is 5. The van der Waals surface area contributed by atoms with Gasteiger partial charge >= 0.3 is 6.03 Å². The molecule has 5 nitrogen and oxygen atoms in total. The summed E-state index contributed by atoms with van der Waals surface area (Å²) in [7, 11) is 1.81. The van der Waals surface area contributed by atoms with Gasteiger partial charge in [-0.2, -0.15) is 0 Å². The molecule has 6 heteroatoms. The molecule has 0 spiro atoms. The smallest absolute Gasteiger partial charge is 0.318 e. The number of carbonyl (C=O) groups is 1. The average molecular weight is 345 g/mol. The Bertz CT molecular complexity index is 668. The van der Waals surface area contributed by atoms with Gasteiger partial charge in [-0.1, -0.05) is 30.3 Å². The maximum atomic E-state index is 12.7. The number of aromatic nitrogens is 1. The zero-order valence-electron chi connectivity index (χ0n) is 14.1. The van der Waals surface area contributed by atoms with Crippen molar-refractivity contribution >= 4 is 17.4 Å². The summed E-state index contributed by atoms with van der Waals surface area (Å²) < 4.78 is 5.83. The quantitative estimate of drug-likeness (QED) is 0.902. The molecule has 0 radical (unpaired) electrons. The van der Waals surface area contributed by atoms with Crippen LogP contribution >= 0.6 is 11.3 Å². The molecule has 1 fully saturated rings. The third kappa shape index (κ3) is 3.94. The van der Waals surface area contributed by atoms with E-state index in [0.29, 0.717) is 6.54 Å². The van der Waals surface area contributed by atoms with Crippen molar-refractivity contribution in [3.8, 4) is 0 Å². The Balaban J connectivity index is 1.69. The second kappa shape index (κ2) is 7.77. The molecular weight excluding hydrogens is 322 g/mol. The predicted molar refractivity (Wildman–Crippen MR) is 95.0 cm³/mol. The molecule has 2 heterocycles. The summed E-state index contributed by atoms with van der Waals surface area (Å²) in [6.45, 7) is 3.30. The second-order valence-corrected chi connectivity index (χ2v) is 7.05. The molecule has 2 aromatic rings. The van der Waals surface area contributed by atoms with Gasteiger partial charge in [-0.3, -0.25) is 0 Å². The summed E-state index contributed by atoms with van der Waals surface area (Å²) in [5.74, 6) is 0. The average Bonchev–Trinajstić information content (AvgIpc) is 3.26. The van der Waals surface area contributed by atoms with Crippen molar-refractivity contribution in [2.45, 2.75) is 38.5 Å². The van der Waals surface area contributed by atoms with Crippen LogP contribution in [-0.2, 0) is 11.3 Å². The van der Waals surface area contributed by atoms with E-state index in [1.165, 1.54) is 0 Å². The predicted octanol–water partition coefficient (Wildman–Crippen LogP) is 3.51. The SMILES string of the molecule is Cc1ncsc1CN(C)C(=O)N[C@@H](c1ccccc1)[C@H]1CCCO1. The molecule has 0 bridgehead atoms. The normalized spacial score (nSPS) is 18.3. The minimum atomic E-state index is -0.119. The van der Waals surface area contributed by atoms with E-state index < -0.39 is 0 Å². The van der Waals surface area contributed by atoms with Crippen molar-refractivity contribution in [2.75, 3.05) is 13.7 Å². The fraction of sp³-hybridized carbons (Fsp3) is 0.444. The number of hydrogen-bond donors (Lipinski definition) is 1. The van der Waals surface area contributed by atoms with Gasteiger partial charge in [0.1, 0.15) is 0 Å². The number of thiazole rings is 1. The highest BCUT2D eigenvalue weighted by atomic mass is 32.1. The molecule has 1 aliphatic rings. The number of nitrogens with zero attached hydrogens (tertiary/aromatic N) is 2. The van der Waals surface area contributed by atoms with Crippen molar-refractivity contribution in [3.63, 3.8) is 0 Å². The summed E-state index contributed by atoms with van der Waals surface area (Å²) in [6.07, 6.45) is 2.05. The Morgan fingerprint density at radius 2 is 2.25 bits per heavy atom. The number of ether oxygens (including phenoxy) is 1. The van der Waals surface area contributed by atoms with E-state index in [1.807, 2.05) is 49.8 Å². The minimum absolute atomic E-state index is 0.0369. The topological polar surface area (TPSA) is 54.5 Å².